The lowest BCUT2D eigenvalue weighted by Crippen LogP contribution is -2.34. The maximum atomic E-state index is 12.0. The van der Waals surface area contributed by atoms with E-state index in [0.717, 1.165) is 51.8 Å². The lowest BCUT2D eigenvalue weighted by Gasteiger charge is -2.29. The number of hydrogen-bond donors (Lipinski definition) is 0. The maximum absolute atomic E-state index is 12.0. The molecule has 4 rings (SSSR count). The zero-order valence-corrected chi connectivity index (χ0v) is 16.2. The third kappa shape index (κ3) is 2.85. The summed E-state index contributed by atoms with van der Waals surface area (Å²) in [7, 11) is -3.27. The van der Waals surface area contributed by atoms with Crippen molar-refractivity contribution in [3.8, 4) is 11.3 Å². The molecule has 0 fully saturated rings. The van der Waals surface area contributed by atoms with Crippen molar-refractivity contribution in [1.29, 1.82) is 0 Å². The van der Waals surface area contributed by atoms with E-state index in [1.165, 1.54) is 10.6 Å². The summed E-state index contributed by atoms with van der Waals surface area (Å²) in [5.74, 6) is 0. The number of nitrogens with zero attached hydrogens (tertiary/aromatic N) is 2. The van der Waals surface area contributed by atoms with Gasteiger partial charge in [0.25, 0.3) is 0 Å². The minimum atomic E-state index is -3.27. The highest BCUT2D eigenvalue weighted by molar-refractivity contribution is 7.92. The van der Waals surface area contributed by atoms with Crippen LogP contribution in [0, 0.1) is 6.92 Å². The fourth-order valence-corrected chi connectivity index (χ4v) is 4.85. The molecule has 0 saturated heterocycles. The first-order valence-corrected chi connectivity index (χ1v) is 10.7. The molecular weight excluding hydrogens is 368 g/mol. The molecule has 0 amide bonds. The van der Waals surface area contributed by atoms with Gasteiger partial charge in [-0.05, 0) is 49.1 Å². The zero-order chi connectivity index (χ0) is 18.5. The molecule has 3 aromatic rings. The van der Waals surface area contributed by atoms with Gasteiger partial charge in [-0.3, -0.25) is 4.31 Å². The predicted molar refractivity (Wildman–Crippen MR) is 107 cm³/mol. The first kappa shape index (κ1) is 17.3. The van der Waals surface area contributed by atoms with E-state index >= 15 is 0 Å². The van der Waals surface area contributed by atoms with Gasteiger partial charge < -0.3 is 0 Å². The monoisotopic (exact) mass is 386 g/mol. The molecule has 0 atom stereocenters. The van der Waals surface area contributed by atoms with Crippen LogP contribution in [0.1, 0.15) is 17.5 Å². The second-order valence-electron chi connectivity index (χ2n) is 6.70. The van der Waals surface area contributed by atoms with Crippen LogP contribution in [0.25, 0.3) is 22.2 Å². The average molecular weight is 387 g/mol. The number of fused-ring (bicyclic) bond motifs is 2. The van der Waals surface area contributed by atoms with Gasteiger partial charge in [-0.1, -0.05) is 35.9 Å². The molecule has 1 aliphatic rings. The Bertz CT molecular complexity index is 1130. The molecule has 0 radical (unpaired) electrons. The molecule has 4 nitrogen and oxygen atoms in total. The van der Waals surface area contributed by atoms with Crippen LogP contribution in [-0.4, -0.2) is 26.2 Å². The van der Waals surface area contributed by atoms with Gasteiger partial charge >= 0.3 is 0 Å². The number of aromatic nitrogens is 1. The Morgan fingerprint density at radius 1 is 1.15 bits per heavy atom. The Labute approximate surface area is 158 Å². The van der Waals surface area contributed by atoms with Crippen molar-refractivity contribution in [1.82, 2.24) is 4.98 Å². The fourth-order valence-electron chi connectivity index (χ4n) is 3.60. The number of rotatable bonds is 2. The van der Waals surface area contributed by atoms with Crippen molar-refractivity contribution in [3.05, 3.63) is 58.6 Å². The predicted octanol–water partition coefficient (Wildman–Crippen LogP) is 4.58. The summed E-state index contributed by atoms with van der Waals surface area (Å²) in [6.07, 6.45) is 2.90. The molecule has 134 valence electrons. The third-order valence-corrected chi connectivity index (χ3v) is 6.55. The number of anilines is 1. The number of benzene rings is 2. The first-order valence-electron chi connectivity index (χ1n) is 8.52. The number of aryl methyl sites for hydroxylation is 2. The largest absolute Gasteiger partial charge is 0.270 e. The van der Waals surface area contributed by atoms with Crippen molar-refractivity contribution in [2.24, 2.45) is 0 Å². The summed E-state index contributed by atoms with van der Waals surface area (Å²) in [6.45, 7) is 2.53. The highest BCUT2D eigenvalue weighted by Crippen LogP contribution is 2.37. The molecular formula is C20H19ClN2O2S. The first-order chi connectivity index (χ1) is 12.4. The average Bonchev–Trinajstić information content (AvgIpc) is 2.63. The number of halogens is 1. The second-order valence-corrected chi connectivity index (χ2v) is 8.98. The highest BCUT2D eigenvalue weighted by atomic mass is 35.5. The quantitative estimate of drug-likeness (QED) is 0.647. The molecule has 0 N–H and O–H groups in total. The van der Waals surface area contributed by atoms with Crippen LogP contribution < -0.4 is 4.31 Å². The lowest BCUT2D eigenvalue weighted by molar-refractivity contribution is 0.592. The van der Waals surface area contributed by atoms with Crippen LogP contribution in [0.4, 0.5) is 5.69 Å². The van der Waals surface area contributed by atoms with E-state index < -0.39 is 10.0 Å². The topological polar surface area (TPSA) is 50.3 Å². The van der Waals surface area contributed by atoms with Crippen LogP contribution in [-0.2, 0) is 16.4 Å². The number of pyridine rings is 1. The standard InChI is InChI=1S/C20H19ClN2O2S/c1-13-16-7-3-4-8-17(16)22-20(19(13)21)15-9-10-18-14(12-15)6-5-11-23(18)26(2,24)25/h3-4,7-10,12H,5-6,11H2,1-2H3. The normalized spacial score (nSPS) is 14.5. The Kier molecular flexibility index (Phi) is 4.16. The second kappa shape index (κ2) is 6.25. The van der Waals surface area contributed by atoms with Gasteiger partial charge in [0, 0.05) is 17.5 Å². The molecule has 2 aromatic carbocycles. The van der Waals surface area contributed by atoms with Crippen LogP contribution >= 0.6 is 11.6 Å². The molecule has 0 bridgehead atoms. The van der Waals surface area contributed by atoms with Crippen LogP contribution in [0.3, 0.4) is 0 Å². The van der Waals surface area contributed by atoms with E-state index in [0.29, 0.717) is 11.6 Å². The Hall–Kier alpha value is -2.11. The molecule has 0 saturated carbocycles. The molecule has 0 unspecified atom stereocenters. The van der Waals surface area contributed by atoms with Gasteiger partial charge in [-0.2, -0.15) is 0 Å². The van der Waals surface area contributed by atoms with Crippen molar-refractivity contribution < 1.29 is 8.42 Å². The molecule has 26 heavy (non-hydrogen) atoms. The number of hydrogen-bond acceptors (Lipinski definition) is 3. The van der Waals surface area contributed by atoms with E-state index in [-0.39, 0.29) is 0 Å². The molecule has 0 spiro atoms. The summed E-state index contributed by atoms with van der Waals surface area (Å²) in [6, 6.07) is 13.7. The van der Waals surface area contributed by atoms with Gasteiger partial charge in [-0.25, -0.2) is 13.4 Å². The summed E-state index contributed by atoms with van der Waals surface area (Å²) >= 11 is 6.62. The van der Waals surface area contributed by atoms with Crippen molar-refractivity contribution in [2.75, 3.05) is 17.1 Å². The number of sulfonamides is 1. The van der Waals surface area contributed by atoms with Crippen molar-refractivity contribution >= 4 is 38.2 Å². The molecule has 1 aromatic heterocycles. The van der Waals surface area contributed by atoms with Gasteiger partial charge in [-0.15, -0.1) is 0 Å². The van der Waals surface area contributed by atoms with E-state index in [4.69, 9.17) is 16.6 Å². The van der Waals surface area contributed by atoms with Crippen molar-refractivity contribution in [2.45, 2.75) is 19.8 Å². The summed E-state index contributed by atoms with van der Waals surface area (Å²) in [5.41, 5.74) is 5.33. The Morgan fingerprint density at radius 2 is 1.92 bits per heavy atom. The van der Waals surface area contributed by atoms with Gasteiger partial charge in [0.15, 0.2) is 0 Å². The number of para-hydroxylation sites is 1. The van der Waals surface area contributed by atoms with E-state index in [1.54, 1.807) is 0 Å². The summed E-state index contributed by atoms with van der Waals surface area (Å²) in [5, 5.41) is 1.68. The molecule has 6 heteroatoms. The summed E-state index contributed by atoms with van der Waals surface area (Å²) in [4.78, 5) is 4.76. The molecule has 2 heterocycles. The summed E-state index contributed by atoms with van der Waals surface area (Å²) < 4.78 is 25.6. The van der Waals surface area contributed by atoms with Crippen LogP contribution in [0.15, 0.2) is 42.5 Å². The van der Waals surface area contributed by atoms with Gasteiger partial charge in [0.05, 0.1) is 28.2 Å². The van der Waals surface area contributed by atoms with E-state index in [1.807, 2.05) is 49.4 Å². The van der Waals surface area contributed by atoms with Crippen molar-refractivity contribution in [3.63, 3.8) is 0 Å². The minimum Gasteiger partial charge on any atom is -0.270 e. The Morgan fingerprint density at radius 3 is 2.69 bits per heavy atom. The fraction of sp³-hybridized carbons (Fsp3) is 0.250. The van der Waals surface area contributed by atoms with Gasteiger partial charge in [0.1, 0.15) is 0 Å². The zero-order valence-electron chi connectivity index (χ0n) is 14.7. The smallest absolute Gasteiger partial charge is 0.232 e. The van der Waals surface area contributed by atoms with Crippen LogP contribution in [0.5, 0.6) is 0 Å². The maximum Gasteiger partial charge on any atom is 0.232 e. The van der Waals surface area contributed by atoms with Gasteiger partial charge in [0.2, 0.25) is 10.0 Å². The van der Waals surface area contributed by atoms with E-state index in [2.05, 4.69) is 0 Å². The molecule has 1 aliphatic heterocycles. The minimum absolute atomic E-state index is 0.527. The highest BCUT2D eigenvalue weighted by Gasteiger charge is 2.24. The lowest BCUT2D eigenvalue weighted by atomic mass is 9.98. The SMILES string of the molecule is Cc1c(Cl)c(-c2ccc3c(c2)CCCN3S(C)(=O)=O)nc2ccccc12. The third-order valence-electron chi connectivity index (χ3n) is 4.91. The van der Waals surface area contributed by atoms with Crippen LogP contribution in [0.2, 0.25) is 5.02 Å². The molecule has 0 aliphatic carbocycles. The Balaban J connectivity index is 1.88. The van der Waals surface area contributed by atoms with E-state index in [9.17, 15) is 8.42 Å².